The fourth-order valence-electron chi connectivity index (χ4n) is 2.87. The molecule has 6 nitrogen and oxygen atoms in total. The maximum Gasteiger partial charge on any atom is 0.151 e. The van der Waals surface area contributed by atoms with E-state index in [1.807, 2.05) is 90.8 Å². The number of rotatable bonds is 6. The zero-order valence-corrected chi connectivity index (χ0v) is 18.0. The molecule has 149 valence electrons. The molecule has 0 saturated heterocycles. The fourth-order valence-corrected chi connectivity index (χ4v) is 2.87. The topological polar surface area (TPSA) is 70.1 Å². The van der Waals surface area contributed by atoms with E-state index in [0.717, 1.165) is 28.3 Å². The smallest absolute Gasteiger partial charge is 0.151 e. The van der Waals surface area contributed by atoms with Gasteiger partial charge in [0.25, 0.3) is 0 Å². The number of likely N-dealkylation sites (N-methyl/N-ethyl adjacent to an activating group) is 1. The van der Waals surface area contributed by atoms with Gasteiger partial charge in [-0.3, -0.25) is 15.2 Å². The first kappa shape index (κ1) is 21.5. The summed E-state index contributed by atoms with van der Waals surface area (Å²) in [5.41, 5.74) is 4.44. The number of aromatic amines is 1. The van der Waals surface area contributed by atoms with Gasteiger partial charge in [0.05, 0.1) is 12.2 Å². The SMILES string of the molecule is CN(CCN=c1[c-]cc(-c2ccccc2)n[nH]1)c1ccc(-c2ccccc2)nn1.[V]. The second kappa shape index (κ2) is 10.5. The molecule has 2 heterocycles. The zero-order chi connectivity index (χ0) is 19.9. The van der Waals surface area contributed by atoms with Crippen LogP contribution in [0.1, 0.15) is 0 Å². The van der Waals surface area contributed by atoms with E-state index < -0.39 is 0 Å². The molecule has 0 amide bonds. The minimum Gasteiger partial charge on any atom is -0.356 e. The van der Waals surface area contributed by atoms with Gasteiger partial charge in [0, 0.05) is 43.2 Å². The molecular formula is C23H21N6V-. The minimum absolute atomic E-state index is 0. The number of nitrogens with zero attached hydrogens (tertiary/aromatic N) is 5. The van der Waals surface area contributed by atoms with Crippen LogP contribution in [0.4, 0.5) is 5.82 Å². The molecule has 4 aromatic rings. The maximum atomic E-state index is 4.51. The van der Waals surface area contributed by atoms with Crippen molar-refractivity contribution in [1.82, 2.24) is 20.4 Å². The predicted octanol–water partition coefficient (Wildman–Crippen LogP) is 3.37. The molecule has 0 aliphatic rings. The Morgan fingerprint density at radius 3 is 2.10 bits per heavy atom. The summed E-state index contributed by atoms with van der Waals surface area (Å²) in [6, 6.07) is 29.0. The van der Waals surface area contributed by atoms with Crippen molar-refractivity contribution >= 4 is 5.82 Å². The normalized spacial score (nSPS) is 11.0. The van der Waals surface area contributed by atoms with Crippen LogP contribution in [0.25, 0.3) is 22.5 Å². The van der Waals surface area contributed by atoms with E-state index >= 15 is 0 Å². The average Bonchev–Trinajstić information content (AvgIpc) is 2.81. The molecule has 0 bridgehead atoms. The fraction of sp³-hybridized carbons (Fsp3) is 0.130. The van der Waals surface area contributed by atoms with Crippen LogP contribution in [0.2, 0.25) is 0 Å². The van der Waals surface area contributed by atoms with Crippen LogP contribution in [-0.2, 0) is 18.6 Å². The molecule has 2 aromatic carbocycles. The van der Waals surface area contributed by atoms with Crippen LogP contribution in [0.3, 0.4) is 0 Å². The number of hydrogen-bond acceptors (Lipinski definition) is 5. The Morgan fingerprint density at radius 2 is 1.53 bits per heavy atom. The van der Waals surface area contributed by atoms with Crippen molar-refractivity contribution in [1.29, 1.82) is 0 Å². The number of nitrogens with one attached hydrogen (secondary N) is 1. The van der Waals surface area contributed by atoms with E-state index in [-0.39, 0.29) is 18.6 Å². The first-order valence-electron chi connectivity index (χ1n) is 9.43. The van der Waals surface area contributed by atoms with Crippen LogP contribution in [-0.4, -0.2) is 40.5 Å². The molecule has 7 heteroatoms. The molecule has 2 aromatic heterocycles. The van der Waals surface area contributed by atoms with Crippen LogP contribution >= 0.6 is 0 Å². The Kier molecular flexibility index (Phi) is 7.54. The summed E-state index contributed by atoms with van der Waals surface area (Å²) in [5.74, 6) is 0.811. The Labute approximate surface area is 187 Å². The van der Waals surface area contributed by atoms with E-state index in [2.05, 4.69) is 31.5 Å². The summed E-state index contributed by atoms with van der Waals surface area (Å²) in [4.78, 5) is 6.53. The van der Waals surface area contributed by atoms with E-state index in [1.165, 1.54) is 0 Å². The summed E-state index contributed by atoms with van der Waals surface area (Å²) in [6.45, 7) is 1.31. The zero-order valence-electron chi connectivity index (χ0n) is 16.6. The Bertz CT molecular complexity index is 1090. The quantitative estimate of drug-likeness (QED) is 0.475. The van der Waals surface area contributed by atoms with Crippen molar-refractivity contribution in [3.8, 4) is 22.5 Å². The van der Waals surface area contributed by atoms with Crippen LogP contribution in [0.15, 0.2) is 83.9 Å². The van der Waals surface area contributed by atoms with Gasteiger partial charge in [-0.1, -0.05) is 71.9 Å². The summed E-state index contributed by atoms with van der Waals surface area (Å²) in [5, 5.41) is 16.0. The third kappa shape index (κ3) is 5.44. The minimum atomic E-state index is 0. The molecule has 0 atom stereocenters. The summed E-state index contributed by atoms with van der Waals surface area (Å²) in [6.07, 6.45) is 0. The van der Waals surface area contributed by atoms with E-state index in [1.54, 1.807) is 0 Å². The van der Waals surface area contributed by atoms with Crippen molar-refractivity contribution in [2.75, 3.05) is 25.0 Å². The monoisotopic (exact) mass is 432 g/mol. The van der Waals surface area contributed by atoms with Gasteiger partial charge < -0.3 is 4.90 Å². The summed E-state index contributed by atoms with van der Waals surface area (Å²) >= 11 is 0. The van der Waals surface area contributed by atoms with Crippen LogP contribution in [0.5, 0.6) is 0 Å². The Morgan fingerprint density at radius 1 is 0.867 bits per heavy atom. The van der Waals surface area contributed by atoms with Crippen LogP contribution < -0.4 is 10.4 Å². The van der Waals surface area contributed by atoms with Gasteiger partial charge in [-0.15, -0.1) is 10.2 Å². The second-order valence-corrected chi connectivity index (χ2v) is 6.56. The molecule has 0 unspecified atom stereocenters. The van der Waals surface area contributed by atoms with Gasteiger partial charge in [0.15, 0.2) is 5.82 Å². The maximum absolute atomic E-state index is 4.51. The van der Waals surface area contributed by atoms with E-state index in [4.69, 9.17) is 0 Å². The van der Waals surface area contributed by atoms with Crippen molar-refractivity contribution < 1.29 is 18.6 Å². The predicted molar refractivity (Wildman–Crippen MR) is 114 cm³/mol. The van der Waals surface area contributed by atoms with Gasteiger partial charge in [-0.25, -0.2) is 12.1 Å². The molecule has 1 N–H and O–H groups in total. The molecule has 4 rings (SSSR count). The number of aromatic nitrogens is 4. The Hall–Kier alpha value is -3.22. The molecular weight excluding hydrogens is 411 g/mol. The number of benzene rings is 2. The van der Waals surface area contributed by atoms with E-state index in [0.29, 0.717) is 18.6 Å². The van der Waals surface area contributed by atoms with Crippen molar-refractivity contribution in [3.63, 3.8) is 0 Å². The van der Waals surface area contributed by atoms with Gasteiger partial charge >= 0.3 is 0 Å². The van der Waals surface area contributed by atoms with Gasteiger partial charge in [-0.05, 0) is 12.1 Å². The van der Waals surface area contributed by atoms with Crippen molar-refractivity contribution in [2.45, 2.75) is 0 Å². The standard InChI is InChI=1S/C23H21N6.V/c1-29(23-15-13-21(26-28-23)19-10-6-3-7-11-19)17-16-24-22-14-12-20(25-27-22)18-8-4-2-5-9-18;/h2-13,15H,16-17H2,1H3,(H,24,27);/q-1;. The summed E-state index contributed by atoms with van der Waals surface area (Å²) < 4.78 is 0. The molecule has 30 heavy (non-hydrogen) atoms. The first-order valence-corrected chi connectivity index (χ1v) is 9.43. The van der Waals surface area contributed by atoms with Crippen molar-refractivity contribution in [3.05, 3.63) is 90.4 Å². The van der Waals surface area contributed by atoms with E-state index in [9.17, 15) is 0 Å². The number of anilines is 1. The molecule has 1 radical (unpaired) electrons. The first-order chi connectivity index (χ1) is 14.3. The molecule has 0 spiro atoms. The van der Waals surface area contributed by atoms with Gasteiger partial charge in [0.1, 0.15) is 0 Å². The number of hydrogen-bond donors (Lipinski definition) is 1. The average molecular weight is 432 g/mol. The summed E-state index contributed by atoms with van der Waals surface area (Å²) in [7, 11) is 1.98. The second-order valence-electron chi connectivity index (χ2n) is 6.56. The molecule has 0 saturated carbocycles. The number of H-pyrrole nitrogens is 1. The third-order valence-electron chi connectivity index (χ3n) is 4.51. The van der Waals surface area contributed by atoms with Gasteiger partial charge in [-0.2, -0.15) is 0 Å². The van der Waals surface area contributed by atoms with Gasteiger partial charge in [0.2, 0.25) is 0 Å². The molecule has 0 fully saturated rings. The molecule has 0 aliphatic carbocycles. The third-order valence-corrected chi connectivity index (χ3v) is 4.51. The van der Waals surface area contributed by atoms with Crippen molar-refractivity contribution in [2.24, 2.45) is 4.99 Å². The largest absolute Gasteiger partial charge is 0.356 e. The molecule has 0 aliphatic heterocycles. The Balaban J connectivity index is 0.00000256. The van der Waals surface area contributed by atoms with Crippen LogP contribution in [0, 0.1) is 6.07 Å².